The molecule has 0 aliphatic rings. The quantitative estimate of drug-likeness (QED) is 0.678. The van der Waals surface area contributed by atoms with Crippen molar-refractivity contribution in [1.82, 2.24) is 24.7 Å². The third-order valence-corrected chi connectivity index (χ3v) is 3.15. The third-order valence-electron chi connectivity index (χ3n) is 3.15. The number of nitrogens with two attached hydrogens (primary N) is 1. The van der Waals surface area contributed by atoms with Crippen LogP contribution in [0, 0.1) is 13.8 Å². The first-order valence-electron chi connectivity index (χ1n) is 5.67. The smallest absolute Gasteiger partial charge is 0.180 e. The van der Waals surface area contributed by atoms with Crippen molar-refractivity contribution in [3.8, 4) is 11.4 Å². The van der Waals surface area contributed by atoms with Gasteiger partial charge in [0.05, 0.1) is 17.4 Å². The predicted octanol–water partition coefficient (Wildman–Crippen LogP) is 1.56. The molecule has 18 heavy (non-hydrogen) atoms. The van der Waals surface area contributed by atoms with Gasteiger partial charge < -0.3 is 10.7 Å². The summed E-state index contributed by atoms with van der Waals surface area (Å²) < 4.78 is 1.73. The van der Waals surface area contributed by atoms with Crippen molar-refractivity contribution in [3.63, 3.8) is 0 Å². The second kappa shape index (κ2) is 3.56. The maximum absolute atomic E-state index is 6.08. The number of nitrogens with one attached hydrogen (secondary N) is 1. The summed E-state index contributed by atoms with van der Waals surface area (Å²) in [6.45, 7) is 3.89. The molecule has 0 saturated heterocycles. The van der Waals surface area contributed by atoms with Crippen LogP contribution >= 0.6 is 0 Å². The predicted molar refractivity (Wildman–Crippen MR) is 70.0 cm³/mol. The van der Waals surface area contributed by atoms with Crippen molar-refractivity contribution in [1.29, 1.82) is 0 Å². The molecule has 0 spiro atoms. The van der Waals surface area contributed by atoms with Crippen LogP contribution in [0.3, 0.4) is 0 Å². The van der Waals surface area contributed by atoms with Crippen LogP contribution in [-0.4, -0.2) is 24.7 Å². The Kier molecular flexibility index (Phi) is 2.13. The van der Waals surface area contributed by atoms with E-state index in [4.69, 9.17) is 5.73 Å². The maximum atomic E-state index is 6.08. The molecule has 3 aromatic rings. The Morgan fingerprint density at radius 3 is 2.72 bits per heavy atom. The summed E-state index contributed by atoms with van der Waals surface area (Å²) in [4.78, 5) is 12.1. The summed E-state index contributed by atoms with van der Waals surface area (Å²) in [6, 6.07) is 0. The highest BCUT2D eigenvalue weighted by Gasteiger charge is 2.13. The molecule has 3 heterocycles. The van der Waals surface area contributed by atoms with Crippen LogP contribution in [0.2, 0.25) is 0 Å². The summed E-state index contributed by atoms with van der Waals surface area (Å²) in [6.07, 6.45) is 3.65. The molecule has 3 rings (SSSR count). The number of nitrogens with zero attached hydrogens (tertiary/aromatic N) is 4. The van der Waals surface area contributed by atoms with Crippen molar-refractivity contribution in [2.75, 3.05) is 5.73 Å². The van der Waals surface area contributed by atoms with Crippen LogP contribution < -0.4 is 5.73 Å². The Hall–Kier alpha value is -2.37. The first kappa shape index (κ1) is 10.8. The minimum Gasteiger partial charge on any atom is -0.397 e. The number of nitrogen functional groups attached to an aromatic ring is 1. The third kappa shape index (κ3) is 1.46. The normalized spacial score (nSPS) is 11.3. The number of pyridine rings is 1. The molecule has 0 atom stereocenters. The molecule has 0 aromatic carbocycles. The minimum absolute atomic E-state index is 0.648. The van der Waals surface area contributed by atoms with E-state index in [2.05, 4.69) is 20.1 Å². The van der Waals surface area contributed by atoms with Crippen molar-refractivity contribution < 1.29 is 0 Å². The van der Waals surface area contributed by atoms with Gasteiger partial charge in [0.1, 0.15) is 11.3 Å². The van der Waals surface area contributed by atoms with Crippen LogP contribution in [0.15, 0.2) is 12.4 Å². The molecule has 6 nitrogen and oxygen atoms in total. The van der Waals surface area contributed by atoms with Gasteiger partial charge in [0.2, 0.25) is 0 Å². The molecule has 6 heteroatoms. The topological polar surface area (TPSA) is 85.4 Å². The van der Waals surface area contributed by atoms with Gasteiger partial charge in [0.25, 0.3) is 0 Å². The van der Waals surface area contributed by atoms with Gasteiger partial charge in [-0.25, -0.2) is 9.97 Å². The van der Waals surface area contributed by atoms with Gasteiger partial charge in [-0.1, -0.05) is 0 Å². The molecular weight excluding hydrogens is 228 g/mol. The van der Waals surface area contributed by atoms with E-state index < -0.39 is 0 Å². The van der Waals surface area contributed by atoms with E-state index in [0.29, 0.717) is 11.3 Å². The number of hydrogen-bond donors (Lipinski definition) is 2. The van der Waals surface area contributed by atoms with Gasteiger partial charge in [-0.3, -0.25) is 4.68 Å². The summed E-state index contributed by atoms with van der Waals surface area (Å²) in [7, 11) is 1.87. The summed E-state index contributed by atoms with van der Waals surface area (Å²) in [5.41, 5.74) is 11.0. The highest BCUT2D eigenvalue weighted by Crippen LogP contribution is 2.26. The zero-order chi connectivity index (χ0) is 12.9. The van der Waals surface area contributed by atoms with E-state index in [1.54, 1.807) is 10.9 Å². The molecule has 3 aromatic heterocycles. The lowest BCUT2D eigenvalue weighted by atomic mass is 10.2. The van der Waals surface area contributed by atoms with E-state index in [1.807, 2.05) is 27.1 Å². The van der Waals surface area contributed by atoms with E-state index in [1.165, 1.54) is 0 Å². The first-order chi connectivity index (χ1) is 8.56. The van der Waals surface area contributed by atoms with Crippen LogP contribution in [-0.2, 0) is 7.05 Å². The van der Waals surface area contributed by atoms with Crippen molar-refractivity contribution >= 4 is 16.9 Å². The number of rotatable bonds is 1. The lowest BCUT2D eigenvalue weighted by molar-refractivity contribution is 0.768. The number of aryl methyl sites for hydroxylation is 2. The van der Waals surface area contributed by atoms with Gasteiger partial charge in [0, 0.05) is 18.9 Å². The highest BCUT2D eigenvalue weighted by molar-refractivity contribution is 5.88. The average molecular weight is 242 g/mol. The van der Waals surface area contributed by atoms with Crippen LogP contribution in [0.25, 0.3) is 22.6 Å². The molecule has 0 aliphatic heterocycles. The second-order valence-corrected chi connectivity index (χ2v) is 4.42. The van der Waals surface area contributed by atoms with Gasteiger partial charge in [-0.15, -0.1) is 0 Å². The molecule has 0 saturated carbocycles. The molecule has 92 valence electrons. The number of imidazole rings is 1. The Bertz CT molecular complexity index is 736. The van der Waals surface area contributed by atoms with Gasteiger partial charge in [-0.2, -0.15) is 5.10 Å². The fourth-order valence-corrected chi connectivity index (χ4v) is 1.94. The fourth-order valence-electron chi connectivity index (χ4n) is 1.94. The zero-order valence-corrected chi connectivity index (χ0v) is 10.5. The molecule has 3 N–H and O–H groups in total. The number of aromatic amines is 1. The molecule has 0 bridgehead atoms. The van der Waals surface area contributed by atoms with Crippen molar-refractivity contribution in [2.45, 2.75) is 13.8 Å². The lowest BCUT2D eigenvalue weighted by Crippen LogP contribution is -1.96. The average Bonchev–Trinajstić information content (AvgIpc) is 2.92. The largest absolute Gasteiger partial charge is 0.397 e. The van der Waals surface area contributed by atoms with E-state index in [-0.39, 0.29) is 0 Å². The van der Waals surface area contributed by atoms with Crippen molar-refractivity contribution in [3.05, 3.63) is 23.7 Å². The molecular formula is C12H14N6. The molecule has 0 fully saturated rings. The van der Waals surface area contributed by atoms with E-state index in [9.17, 15) is 0 Å². The molecule has 0 unspecified atom stereocenters. The Labute approximate surface area is 104 Å². The molecule has 0 aliphatic carbocycles. The summed E-state index contributed by atoms with van der Waals surface area (Å²) >= 11 is 0. The summed E-state index contributed by atoms with van der Waals surface area (Å²) in [5, 5.41) is 4.13. The monoisotopic (exact) mass is 242 g/mol. The Balaban J connectivity index is 2.26. The van der Waals surface area contributed by atoms with Crippen LogP contribution in [0.4, 0.5) is 5.69 Å². The number of anilines is 1. The number of hydrogen-bond acceptors (Lipinski definition) is 4. The Morgan fingerprint density at radius 2 is 2.06 bits per heavy atom. The second-order valence-electron chi connectivity index (χ2n) is 4.42. The maximum Gasteiger partial charge on any atom is 0.180 e. The number of fused-ring (bicyclic) bond motifs is 1. The molecule has 0 radical (unpaired) electrons. The van der Waals surface area contributed by atoms with E-state index in [0.717, 1.165) is 28.2 Å². The van der Waals surface area contributed by atoms with Crippen LogP contribution in [0.1, 0.15) is 11.3 Å². The zero-order valence-electron chi connectivity index (χ0n) is 10.5. The van der Waals surface area contributed by atoms with Gasteiger partial charge in [0.15, 0.2) is 5.65 Å². The summed E-state index contributed by atoms with van der Waals surface area (Å²) in [5.74, 6) is 0.738. The van der Waals surface area contributed by atoms with Gasteiger partial charge >= 0.3 is 0 Å². The van der Waals surface area contributed by atoms with Crippen molar-refractivity contribution in [2.24, 2.45) is 7.05 Å². The number of aromatic nitrogens is 5. The lowest BCUT2D eigenvalue weighted by Gasteiger charge is -2.02. The highest BCUT2D eigenvalue weighted by atomic mass is 15.2. The van der Waals surface area contributed by atoms with Gasteiger partial charge in [-0.05, 0) is 19.4 Å². The standard InChI is InChI=1S/C12H14N6/c1-6-7(2)15-12-10(9(6)13)16-11(17-12)8-4-14-18(3)5-8/h4-5H,1-3H3,(H3,13,15,16,17). The number of H-pyrrole nitrogens is 1. The van der Waals surface area contributed by atoms with E-state index >= 15 is 0 Å². The Morgan fingerprint density at radius 1 is 1.28 bits per heavy atom. The fraction of sp³-hybridized carbons (Fsp3) is 0.250. The molecule has 0 amide bonds. The van der Waals surface area contributed by atoms with Crippen LogP contribution in [0.5, 0.6) is 0 Å². The SMILES string of the molecule is Cc1nc2nc(-c3cnn(C)c3)[nH]c2c(N)c1C. The first-order valence-corrected chi connectivity index (χ1v) is 5.67. The minimum atomic E-state index is 0.648.